The summed E-state index contributed by atoms with van der Waals surface area (Å²) >= 11 is 0. The van der Waals surface area contributed by atoms with E-state index in [0.717, 1.165) is 37.0 Å². The van der Waals surface area contributed by atoms with Crippen molar-refractivity contribution < 1.29 is 19.1 Å². The Kier molecular flexibility index (Phi) is 5.61. The van der Waals surface area contributed by atoms with Crippen LogP contribution in [0.15, 0.2) is 18.2 Å². The van der Waals surface area contributed by atoms with E-state index in [4.69, 9.17) is 9.47 Å². The van der Waals surface area contributed by atoms with Crippen LogP contribution in [0.4, 0.5) is 0 Å². The van der Waals surface area contributed by atoms with E-state index >= 15 is 0 Å². The van der Waals surface area contributed by atoms with Gasteiger partial charge in [-0.1, -0.05) is 25.5 Å². The van der Waals surface area contributed by atoms with Crippen LogP contribution in [-0.2, 0) is 16.0 Å². The second kappa shape index (κ2) is 7.89. The molecule has 0 unspecified atom stereocenters. The molecule has 0 aromatic heterocycles. The predicted molar refractivity (Wildman–Crippen MR) is 94.7 cm³/mol. The Labute approximate surface area is 149 Å². The van der Waals surface area contributed by atoms with Gasteiger partial charge in [0.05, 0.1) is 24.7 Å². The van der Waals surface area contributed by atoms with Gasteiger partial charge in [0.25, 0.3) is 5.91 Å². The first-order valence-corrected chi connectivity index (χ1v) is 9.36. The van der Waals surface area contributed by atoms with Crippen molar-refractivity contribution in [2.45, 2.75) is 39.5 Å². The number of nitrogens with zero attached hydrogens (tertiary/aromatic N) is 1. The molecule has 1 amide bonds. The second-order valence-electron chi connectivity index (χ2n) is 6.85. The summed E-state index contributed by atoms with van der Waals surface area (Å²) in [5.74, 6) is 0.805. The maximum absolute atomic E-state index is 13.1. The first-order valence-electron chi connectivity index (χ1n) is 9.36. The van der Waals surface area contributed by atoms with Gasteiger partial charge in [-0.15, -0.1) is 0 Å². The van der Waals surface area contributed by atoms with Gasteiger partial charge >= 0.3 is 5.97 Å². The average Bonchev–Trinajstić information content (AvgIpc) is 3.22. The van der Waals surface area contributed by atoms with Gasteiger partial charge < -0.3 is 14.4 Å². The van der Waals surface area contributed by atoms with E-state index < -0.39 is 0 Å². The standard InChI is InChI=1S/C20H27NO4/c1-3-5-10-21(13-15-12-17(15)20(23)24-4-2)19(22)16-8-6-7-14-9-11-25-18(14)16/h6-8,15,17H,3-5,9-13H2,1-2H3/t15-,17-/m0/s1. The molecule has 0 bridgehead atoms. The summed E-state index contributed by atoms with van der Waals surface area (Å²) in [7, 11) is 0. The lowest BCUT2D eigenvalue weighted by Crippen LogP contribution is -2.34. The number of carbonyl (C=O) groups excluding carboxylic acids is 2. The SMILES string of the molecule is CCCCN(C[C@@H]1C[C@@H]1C(=O)OCC)C(=O)c1cccc2c1OCC2. The molecule has 2 aliphatic rings. The van der Waals surface area contributed by atoms with Gasteiger partial charge in [0.1, 0.15) is 5.75 Å². The number of rotatable bonds is 8. The lowest BCUT2D eigenvalue weighted by Gasteiger charge is -2.23. The molecule has 1 heterocycles. The fourth-order valence-corrected chi connectivity index (χ4v) is 3.45. The molecule has 0 spiro atoms. The molecule has 0 radical (unpaired) electrons. The molecule has 1 fully saturated rings. The first-order chi connectivity index (χ1) is 12.2. The lowest BCUT2D eigenvalue weighted by molar-refractivity contribution is -0.145. The minimum atomic E-state index is -0.126. The van der Waals surface area contributed by atoms with E-state index in [0.29, 0.717) is 31.9 Å². The smallest absolute Gasteiger partial charge is 0.309 e. The number of ether oxygens (including phenoxy) is 2. The van der Waals surface area contributed by atoms with Crippen molar-refractivity contribution >= 4 is 11.9 Å². The molecule has 0 saturated heterocycles. The third-order valence-electron chi connectivity index (χ3n) is 4.98. The Morgan fingerprint density at radius 2 is 2.16 bits per heavy atom. The van der Waals surface area contributed by atoms with Crippen LogP contribution in [0.3, 0.4) is 0 Å². The summed E-state index contributed by atoms with van der Waals surface area (Å²) in [6.45, 7) is 6.32. The van der Waals surface area contributed by atoms with Crippen molar-refractivity contribution in [3.8, 4) is 5.75 Å². The zero-order valence-corrected chi connectivity index (χ0v) is 15.1. The number of esters is 1. The minimum Gasteiger partial charge on any atom is -0.492 e. The maximum Gasteiger partial charge on any atom is 0.309 e. The minimum absolute atomic E-state index is 0.0155. The summed E-state index contributed by atoms with van der Waals surface area (Å²) in [5.41, 5.74) is 1.76. The van der Waals surface area contributed by atoms with Crippen molar-refractivity contribution in [3.05, 3.63) is 29.3 Å². The van der Waals surface area contributed by atoms with E-state index in [1.807, 2.05) is 30.0 Å². The van der Waals surface area contributed by atoms with Crippen molar-refractivity contribution in [2.24, 2.45) is 11.8 Å². The zero-order chi connectivity index (χ0) is 17.8. The van der Waals surface area contributed by atoms with E-state index in [1.165, 1.54) is 0 Å². The predicted octanol–water partition coefficient (Wildman–Crippen LogP) is 3.06. The molecule has 1 aromatic rings. The Bertz CT molecular complexity index is 643. The van der Waals surface area contributed by atoms with Crippen LogP contribution in [0, 0.1) is 11.8 Å². The summed E-state index contributed by atoms with van der Waals surface area (Å²) in [6, 6.07) is 5.80. The third kappa shape index (κ3) is 3.97. The number of unbranched alkanes of at least 4 members (excludes halogenated alkanes) is 1. The highest BCUT2D eigenvalue weighted by Crippen LogP contribution is 2.40. The quantitative estimate of drug-likeness (QED) is 0.680. The zero-order valence-electron chi connectivity index (χ0n) is 15.1. The number of hydrogen-bond acceptors (Lipinski definition) is 4. The van der Waals surface area contributed by atoms with Crippen molar-refractivity contribution in [2.75, 3.05) is 26.3 Å². The number of para-hydroxylation sites is 1. The molecule has 5 nitrogen and oxygen atoms in total. The van der Waals surface area contributed by atoms with Gasteiger partial charge in [0.15, 0.2) is 0 Å². The molecule has 2 atom stereocenters. The Balaban J connectivity index is 1.70. The number of benzene rings is 1. The van der Waals surface area contributed by atoms with E-state index in [-0.39, 0.29) is 23.7 Å². The highest BCUT2D eigenvalue weighted by molar-refractivity contribution is 5.97. The molecule has 136 valence electrons. The fraction of sp³-hybridized carbons (Fsp3) is 0.600. The summed E-state index contributed by atoms with van der Waals surface area (Å²) in [4.78, 5) is 26.9. The van der Waals surface area contributed by atoms with E-state index in [2.05, 4.69) is 6.92 Å². The normalized spacial score (nSPS) is 20.6. The third-order valence-corrected chi connectivity index (χ3v) is 4.98. The van der Waals surface area contributed by atoms with Crippen LogP contribution in [0.1, 0.15) is 49.0 Å². The van der Waals surface area contributed by atoms with Gasteiger partial charge in [-0.25, -0.2) is 0 Å². The topological polar surface area (TPSA) is 55.8 Å². The van der Waals surface area contributed by atoms with E-state index in [9.17, 15) is 9.59 Å². The molecular weight excluding hydrogens is 318 g/mol. The molecule has 1 aromatic carbocycles. The van der Waals surface area contributed by atoms with Crippen LogP contribution in [0.25, 0.3) is 0 Å². The number of carbonyl (C=O) groups is 2. The van der Waals surface area contributed by atoms with Crippen molar-refractivity contribution in [3.63, 3.8) is 0 Å². The van der Waals surface area contributed by atoms with Gasteiger partial charge in [0, 0.05) is 19.5 Å². The number of fused-ring (bicyclic) bond motifs is 1. The van der Waals surface area contributed by atoms with Crippen LogP contribution in [-0.4, -0.2) is 43.1 Å². The van der Waals surface area contributed by atoms with Crippen molar-refractivity contribution in [1.82, 2.24) is 4.90 Å². The number of hydrogen-bond donors (Lipinski definition) is 0. The van der Waals surface area contributed by atoms with E-state index in [1.54, 1.807) is 0 Å². The molecule has 5 heteroatoms. The molecule has 1 saturated carbocycles. The van der Waals surface area contributed by atoms with Crippen LogP contribution >= 0.6 is 0 Å². The Morgan fingerprint density at radius 1 is 1.32 bits per heavy atom. The highest BCUT2D eigenvalue weighted by atomic mass is 16.5. The molecule has 1 aliphatic heterocycles. The van der Waals surface area contributed by atoms with Gasteiger partial charge in [0.2, 0.25) is 0 Å². The van der Waals surface area contributed by atoms with Gasteiger partial charge in [-0.3, -0.25) is 9.59 Å². The Hall–Kier alpha value is -2.04. The van der Waals surface area contributed by atoms with Gasteiger partial charge in [-0.2, -0.15) is 0 Å². The van der Waals surface area contributed by atoms with Gasteiger partial charge in [-0.05, 0) is 37.3 Å². The second-order valence-corrected chi connectivity index (χ2v) is 6.85. The number of amides is 1. The maximum atomic E-state index is 13.1. The van der Waals surface area contributed by atoms with Crippen LogP contribution < -0.4 is 4.74 Å². The highest BCUT2D eigenvalue weighted by Gasteiger charge is 2.45. The molecule has 25 heavy (non-hydrogen) atoms. The largest absolute Gasteiger partial charge is 0.492 e. The summed E-state index contributed by atoms with van der Waals surface area (Å²) < 4.78 is 10.8. The lowest BCUT2D eigenvalue weighted by atomic mass is 10.1. The molecule has 3 rings (SSSR count). The molecule has 0 N–H and O–H groups in total. The Morgan fingerprint density at radius 3 is 2.92 bits per heavy atom. The first kappa shape index (κ1) is 17.8. The average molecular weight is 345 g/mol. The summed E-state index contributed by atoms with van der Waals surface area (Å²) in [6.07, 6.45) is 3.66. The monoisotopic (exact) mass is 345 g/mol. The molecular formula is C20H27NO4. The molecule has 1 aliphatic carbocycles. The van der Waals surface area contributed by atoms with Crippen molar-refractivity contribution in [1.29, 1.82) is 0 Å². The summed E-state index contributed by atoms with van der Waals surface area (Å²) in [5, 5.41) is 0. The fourth-order valence-electron chi connectivity index (χ4n) is 3.45. The van der Waals surface area contributed by atoms with Crippen LogP contribution in [0.5, 0.6) is 5.75 Å². The van der Waals surface area contributed by atoms with Crippen LogP contribution in [0.2, 0.25) is 0 Å².